The maximum Gasteiger partial charge on any atom is 0.342 e. The maximum absolute atomic E-state index is 10.8. The van der Waals surface area contributed by atoms with Crippen LogP contribution >= 0.6 is 11.8 Å². The zero-order valence-corrected chi connectivity index (χ0v) is 9.51. The molecule has 2 N–H and O–H groups in total. The van der Waals surface area contributed by atoms with E-state index in [0.717, 1.165) is 6.20 Å². The van der Waals surface area contributed by atoms with Gasteiger partial charge in [-0.05, 0) is 12.5 Å². The fourth-order valence-corrected chi connectivity index (χ4v) is 1.88. The Kier molecular flexibility index (Phi) is 4.85. The molecule has 0 fully saturated rings. The number of pyridine rings is 1. The van der Waals surface area contributed by atoms with Crippen molar-refractivity contribution in [3.63, 3.8) is 0 Å². The van der Waals surface area contributed by atoms with Crippen LogP contribution in [0.4, 0.5) is 5.69 Å². The molecule has 0 unspecified atom stereocenters. The van der Waals surface area contributed by atoms with E-state index in [9.17, 15) is 14.9 Å². The first-order valence-corrected chi connectivity index (χ1v) is 5.66. The van der Waals surface area contributed by atoms with Gasteiger partial charge in [0.25, 0.3) is 0 Å². The summed E-state index contributed by atoms with van der Waals surface area (Å²) in [7, 11) is 0. The lowest BCUT2D eigenvalue weighted by molar-refractivity contribution is -0.385. The molecule has 0 aliphatic heterocycles. The summed E-state index contributed by atoms with van der Waals surface area (Å²) < 4.78 is 0. The molecule has 0 aliphatic carbocycles. The third-order valence-electron chi connectivity index (χ3n) is 1.84. The molecule has 0 amide bonds. The summed E-state index contributed by atoms with van der Waals surface area (Å²) in [5.41, 5.74) is -0.902. The molecule has 0 radical (unpaired) electrons. The Morgan fingerprint density at radius 1 is 1.59 bits per heavy atom. The molecule has 17 heavy (non-hydrogen) atoms. The van der Waals surface area contributed by atoms with E-state index in [2.05, 4.69) is 4.98 Å². The number of rotatable bonds is 6. The Hall–Kier alpha value is -1.67. The van der Waals surface area contributed by atoms with E-state index in [4.69, 9.17) is 10.2 Å². The van der Waals surface area contributed by atoms with Gasteiger partial charge >= 0.3 is 11.7 Å². The highest BCUT2D eigenvalue weighted by molar-refractivity contribution is 7.99. The monoisotopic (exact) mass is 258 g/mol. The lowest BCUT2D eigenvalue weighted by Crippen LogP contribution is -2.04. The van der Waals surface area contributed by atoms with Crippen molar-refractivity contribution >= 4 is 23.4 Å². The van der Waals surface area contributed by atoms with Crippen LogP contribution in [0.15, 0.2) is 17.3 Å². The summed E-state index contributed by atoms with van der Waals surface area (Å²) >= 11 is 1.24. The second-order valence-corrected chi connectivity index (χ2v) is 4.14. The highest BCUT2D eigenvalue weighted by Crippen LogP contribution is 2.23. The molecule has 1 aromatic heterocycles. The second-order valence-electron chi connectivity index (χ2n) is 3.03. The van der Waals surface area contributed by atoms with Gasteiger partial charge in [0.2, 0.25) is 0 Å². The van der Waals surface area contributed by atoms with Crippen LogP contribution in [-0.2, 0) is 0 Å². The number of aromatic carboxylic acids is 1. The van der Waals surface area contributed by atoms with Gasteiger partial charge in [-0.25, -0.2) is 9.78 Å². The smallest absolute Gasteiger partial charge is 0.342 e. The number of nitro groups is 1. The van der Waals surface area contributed by atoms with E-state index >= 15 is 0 Å². The van der Waals surface area contributed by atoms with Crippen LogP contribution in [0.2, 0.25) is 0 Å². The molecular formula is C9H10N2O5S. The SMILES string of the molecule is O=C(O)c1cc(SCCCO)ncc1[N+](=O)[O-]. The predicted octanol–water partition coefficient (Wildman–Crippen LogP) is 1.16. The Balaban J connectivity index is 2.94. The third-order valence-corrected chi connectivity index (χ3v) is 2.85. The number of aromatic nitrogens is 1. The zero-order chi connectivity index (χ0) is 12.8. The number of carboxylic acid groups (broad SMARTS) is 1. The van der Waals surface area contributed by atoms with Crippen LogP contribution in [0.1, 0.15) is 16.8 Å². The average Bonchev–Trinajstić information content (AvgIpc) is 2.29. The number of nitrogens with zero attached hydrogens (tertiary/aromatic N) is 2. The summed E-state index contributed by atoms with van der Waals surface area (Å²) in [6.07, 6.45) is 1.48. The molecular weight excluding hydrogens is 248 g/mol. The summed E-state index contributed by atoms with van der Waals surface area (Å²) in [6.45, 7) is 0.0335. The molecule has 7 nitrogen and oxygen atoms in total. The van der Waals surface area contributed by atoms with Gasteiger partial charge in [0.05, 0.1) is 9.95 Å². The predicted molar refractivity (Wildman–Crippen MR) is 60.3 cm³/mol. The van der Waals surface area contributed by atoms with Crippen LogP contribution in [0, 0.1) is 10.1 Å². The third kappa shape index (κ3) is 3.68. The van der Waals surface area contributed by atoms with Crippen molar-refractivity contribution in [1.82, 2.24) is 4.98 Å². The Morgan fingerprint density at radius 2 is 2.29 bits per heavy atom. The molecule has 1 heterocycles. The van der Waals surface area contributed by atoms with E-state index in [1.54, 1.807) is 0 Å². The van der Waals surface area contributed by atoms with Crippen LogP contribution in [0.3, 0.4) is 0 Å². The standard InChI is InChI=1S/C9H10N2O5S/c12-2-1-3-17-8-4-6(9(13)14)7(5-10-8)11(15)16/h4-5,12H,1-3H2,(H,13,14). The van der Waals surface area contributed by atoms with Crippen LogP contribution in [0.25, 0.3) is 0 Å². The Bertz CT molecular complexity index is 437. The fraction of sp³-hybridized carbons (Fsp3) is 0.333. The van der Waals surface area contributed by atoms with Gasteiger partial charge in [-0.2, -0.15) is 0 Å². The number of hydrogen-bond donors (Lipinski definition) is 2. The van der Waals surface area contributed by atoms with Gasteiger partial charge in [0.15, 0.2) is 0 Å². The van der Waals surface area contributed by atoms with Crippen LogP contribution < -0.4 is 0 Å². The summed E-state index contributed by atoms with van der Waals surface area (Å²) in [5, 5.41) is 28.4. The number of carbonyl (C=O) groups is 1. The molecule has 1 aromatic rings. The minimum absolute atomic E-state index is 0.0335. The second kappa shape index (κ2) is 6.16. The molecule has 0 atom stereocenters. The first-order valence-electron chi connectivity index (χ1n) is 4.67. The molecule has 0 saturated heterocycles. The topological polar surface area (TPSA) is 114 Å². The van der Waals surface area contributed by atoms with Crippen molar-refractivity contribution in [2.75, 3.05) is 12.4 Å². The minimum Gasteiger partial charge on any atom is -0.477 e. The zero-order valence-electron chi connectivity index (χ0n) is 8.70. The first-order chi connectivity index (χ1) is 8.06. The van der Waals surface area contributed by atoms with E-state index in [1.165, 1.54) is 17.8 Å². The largest absolute Gasteiger partial charge is 0.477 e. The lowest BCUT2D eigenvalue weighted by atomic mass is 10.2. The number of hydrogen-bond acceptors (Lipinski definition) is 6. The number of aliphatic hydroxyl groups excluding tert-OH is 1. The van der Waals surface area contributed by atoms with Crippen molar-refractivity contribution in [3.05, 3.63) is 27.9 Å². The quantitative estimate of drug-likeness (QED) is 0.340. The van der Waals surface area contributed by atoms with E-state index in [-0.39, 0.29) is 12.2 Å². The van der Waals surface area contributed by atoms with Gasteiger partial charge in [-0.1, -0.05) is 0 Å². The van der Waals surface area contributed by atoms with Crippen molar-refractivity contribution in [3.8, 4) is 0 Å². The van der Waals surface area contributed by atoms with Crippen molar-refractivity contribution < 1.29 is 19.9 Å². The van der Waals surface area contributed by atoms with Gasteiger partial charge in [-0.15, -0.1) is 11.8 Å². The number of carboxylic acids is 1. The summed E-state index contributed by atoms with van der Waals surface area (Å²) in [4.78, 5) is 24.4. The molecule has 0 aromatic carbocycles. The van der Waals surface area contributed by atoms with Crippen molar-refractivity contribution in [2.45, 2.75) is 11.4 Å². The fourth-order valence-electron chi connectivity index (χ4n) is 1.07. The average molecular weight is 258 g/mol. The highest BCUT2D eigenvalue weighted by atomic mass is 32.2. The molecule has 1 rings (SSSR count). The van der Waals surface area contributed by atoms with Gasteiger partial charge in [-0.3, -0.25) is 10.1 Å². The van der Waals surface area contributed by atoms with Crippen molar-refractivity contribution in [1.29, 1.82) is 0 Å². The summed E-state index contributed by atoms with van der Waals surface area (Å²) in [5.74, 6) is -0.788. The number of thioether (sulfide) groups is 1. The molecule has 0 spiro atoms. The number of aliphatic hydroxyl groups is 1. The molecule has 92 valence electrons. The molecule has 0 saturated carbocycles. The molecule has 0 bridgehead atoms. The Morgan fingerprint density at radius 3 is 2.82 bits per heavy atom. The van der Waals surface area contributed by atoms with E-state index in [0.29, 0.717) is 17.2 Å². The first kappa shape index (κ1) is 13.4. The lowest BCUT2D eigenvalue weighted by Gasteiger charge is -2.02. The minimum atomic E-state index is -1.36. The van der Waals surface area contributed by atoms with Gasteiger partial charge in [0.1, 0.15) is 11.8 Å². The summed E-state index contributed by atoms with van der Waals surface area (Å²) in [6, 6.07) is 1.17. The van der Waals surface area contributed by atoms with E-state index in [1.807, 2.05) is 0 Å². The van der Waals surface area contributed by atoms with Gasteiger partial charge < -0.3 is 10.2 Å². The Labute approximate surface area is 101 Å². The van der Waals surface area contributed by atoms with Crippen LogP contribution in [0.5, 0.6) is 0 Å². The van der Waals surface area contributed by atoms with E-state index < -0.39 is 16.6 Å². The maximum atomic E-state index is 10.8. The van der Waals surface area contributed by atoms with Gasteiger partial charge in [0, 0.05) is 12.4 Å². The van der Waals surface area contributed by atoms with Crippen molar-refractivity contribution in [2.24, 2.45) is 0 Å². The molecule has 8 heteroatoms. The normalized spacial score (nSPS) is 10.2. The highest BCUT2D eigenvalue weighted by Gasteiger charge is 2.20. The molecule has 0 aliphatic rings. The van der Waals surface area contributed by atoms with Crippen LogP contribution in [-0.4, -0.2) is 38.4 Å².